The molecule has 0 N–H and O–H groups in total. The van der Waals surface area contributed by atoms with E-state index in [0.717, 1.165) is 42.1 Å². The number of aryl methyl sites for hydroxylation is 1. The van der Waals surface area contributed by atoms with Crippen LogP contribution >= 0.6 is 0 Å². The average Bonchev–Trinajstić information content (AvgIpc) is 3.23. The van der Waals surface area contributed by atoms with Crippen LogP contribution in [0.5, 0.6) is 0 Å². The molecule has 0 bridgehead atoms. The average molecular weight is 325 g/mol. The monoisotopic (exact) mass is 325 g/mol. The van der Waals surface area contributed by atoms with E-state index in [0.29, 0.717) is 6.54 Å². The number of nitro benzene ring substituents is 1. The molecule has 0 atom stereocenters. The highest BCUT2D eigenvalue weighted by Crippen LogP contribution is 2.24. The zero-order valence-electron chi connectivity index (χ0n) is 13.5. The second-order valence-corrected chi connectivity index (χ2v) is 5.66. The van der Waals surface area contributed by atoms with E-state index in [1.54, 1.807) is 18.4 Å². The maximum Gasteiger partial charge on any atom is 0.270 e. The summed E-state index contributed by atoms with van der Waals surface area (Å²) in [7, 11) is 0. The molecule has 124 valence electrons. The van der Waals surface area contributed by atoms with Crippen LogP contribution in [0.15, 0.2) is 53.3 Å². The number of aromatic nitrogens is 2. The molecule has 3 aromatic rings. The number of nitrogens with zero attached hydrogens (tertiary/aromatic N) is 3. The third-order valence-electron chi connectivity index (χ3n) is 3.87. The van der Waals surface area contributed by atoms with Crippen LogP contribution in [0.2, 0.25) is 0 Å². The lowest BCUT2D eigenvalue weighted by atomic mass is 10.1. The van der Waals surface area contributed by atoms with Gasteiger partial charge in [-0.15, -0.1) is 0 Å². The van der Waals surface area contributed by atoms with Gasteiger partial charge in [0.05, 0.1) is 23.4 Å². The van der Waals surface area contributed by atoms with E-state index in [-0.39, 0.29) is 10.6 Å². The number of non-ortho nitro benzene ring substituents is 1. The molecule has 2 aromatic heterocycles. The zero-order valence-corrected chi connectivity index (χ0v) is 13.5. The number of unbranched alkanes of at least 4 members (excludes halogenated alkanes) is 1. The lowest BCUT2D eigenvalue weighted by Gasteiger charge is -2.04. The molecule has 24 heavy (non-hydrogen) atoms. The SMILES string of the molecule is CCCCc1nc(-c2cccc([N+](=O)[O-])c2)cn1Cc1ccco1. The van der Waals surface area contributed by atoms with Crippen molar-refractivity contribution in [1.82, 2.24) is 9.55 Å². The van der Waals surface area contributed by atoms with E-state index in [2.05, 4.69) is 11.5 Å². The summed E-state index contributed by atoms with van der Waals surface area (Å²) < 4.78 is 7.48. The predicted molar refractivity (Wildman–Crippen MR) is 90.7 cm³/mol. The normalized spacial score (nSPS) is 10.9. The van der Waals surface area contributed by atoms with Crippen molar-refractivity contribution in [3.8, 4) is 11.3 Å². The lowest BCUT2D eigenvalue weighted by Crippen LogP contribution is -2.03. The van der Waals surface area contributed by atoms with Gasteiger partial charge in [0.1, 0.15) is 11.6 Å². The van der Waals surface area contributed by atoms with Crippen LogP contribution in [0.25, 0.3) is 11.3 Å². The van der Waals surface area contributed by atoms with Gasteiger partial charge in [-0.25, -0.2) is 4.98 Å². The van der Waals surface area contributed by atoms with Crippen molar-refractivity contribution in [2.45, 2.75) is 32.7 Å². The highest BCUT2D eigenvalue weighted by Gasteiger charge is 2.13. The van der Waals surface area contributed by atoms with Gasteiger partial charge < -0.3 is 8.98 Å². The van der Waals surface area contributed by atoms with Gasteiger partial charge in [-0.1, -0.05) is 25.5 Å². The molecule has 0 aliphatic heterocycles. The van der Waals surface area contributed by atoms with E-state index in [1.165, 1.54) is 6.07 Å². The maximum atomic E-state index is 11.0. The van der Waals surface area contributed by atoms with Crippen molar-refractivity contribution in [2.75, 3.05) is 0 Å². The number of benzene rings is 1. The number of hydrogen-bond donors (Lipinski definition) is 0. The Bertz CT molecular complexity index is 822. The standard InChI is InChI=1S/C18H19N3O3/c1-2-3-9-18-19-17(13-20(18)12-16-8-5-10-24-16)14-6-4-7-15(11-14)21(22)23/h4-8,10-11,13H,2-3,9,12H2,1H3. The maximum absolute atomic E-state index is 11.0. The number of furan rings is 1. The van der Waals surface area contributed by atoms with Crippen LogP contribution in [0.3, 0.4) is 0 Å². The Labute approximate surface area is 139 Å². The topological polar surface area (TPSA) is 74.1 Å². The second kappa shape index (κ2) is 7.12. The molecule has 0 saturated heterocycles. The Kier molecular flexibility index (Phi) is 4.74. The summed E-state index contributed by atoms with van der Waals surface area (Å²) >= 11 is 0. The molecule has 0 aliphatic rings. The molecule has 0 unspecified atom stereocenters. The molecule has 2 heterocycles. The fraction of sp³-hybridized carbons (Fsp3) is 0.278. The van der Waals surface area contributed by atoms with Gasteiger partial charge in [0.15, 0.2) is 0 Å². The van der Waals surface area contributed by atoms with Crippen LogP contribution in [0.1, 0.15) is 31.4 Å². The minimum Gasteiger partial charge on any atom is -0.467 e. The van der Waals surface area contributed by atoms with Crippen LogP contribution in [-0.2, 0) is 13.0 Å². The summed E-state index contributed by atoms with van der Waals surface area (Å²) in [6, 6.07) is 10.4. The molecule has 1 aromatic carbocycles. The van der Waals surface area contributed by atoms with Gasteiger partial charge in [-0.05, 0) is 18.6 Å². The van der Waals surface area contributed by atoms with Crippen molar-refractivity contribution in [3.63, 3.8) is 0 Å². The summed E-state index contributed by atoms with van der Waals surface area (Å²) in [5.74, 6) is 1.82. The second-order valence-electron chi connectivity index (χ2n) is 5.66. The summed E-state index contributed by atoms with van der Waals surface area (Å²) in [5, 5.41) is 11.0. The van der Waals surface area contributed by atoms with Crippen molar-refractivity contribution >= 4 is 5.69 Å². The molecule has 0 aliphatic carbocycles. The van der Waals surface area contributed by atoms with E-state index in [4.69, 9.17) is 9.40 Å². The molecule has 6 nitrogen and oxygen atoms in total. The predicted octanol–water partition coefficient (Wildman–Crippen LogP) is 4.44. The molecule has 0 radical (unpaired) electrons. The first kappa shape index (κ1) is 16.0. The first-order valence-electron chi connectivity index (χ1n) is 8.00. The molecule has 0 fully saturated rings. The smallest absolute Gasteiger partial charge is 0.270 e. The zero-order chi connectivity index (χ0) is 16.9. The minimum absolute atomic E-state index is 0.0724. The summed E-state index contributed by atoms with van der Waals surface area (Å²) in [5.41, 5.74) is 1.57. The van der Waals surface area contributed by atoms with Gasteiger partial charge >= 0.3 is 0 Å². The molecular formula is C18H19N3O3. The van der Waals surface area contributed by atoms with Gasteiger partial charge in [0, 0.05) is 30.3 Å². The van der Waals surface area contributed by atoms with Crippen LogP contribution in [0.4, 0.5) is 5.69 Å². The lowest BCUT2D eigenvalue weighted by molar-refractivity contribution is -0.384. The highest BCUT2D eigenvalue weighted by atomic mass is 16.6. The summed E-state index contributed by atoms with van der Waals surface area (Å²) in [4.78, 5) is 15.3. The first-order chi connectivity index (χ1) is 11.7. The van der Waals surface area contributed by atoms with Gasteiger partial charge in [0.25, 0.3) is 5.69 Å². The Morgan fingerprint density at radius 2 is 2.17 bits per heavy atom. The van der Waals surface area contributed by atoms with Crippen LogP contribution < -0.4 is 0 Å². The first-order valence-corrected chi connectivity index (χ1v) is 8.00. The number of hydrogen-bond acceptors (Lipinski definition) is 4. The van der Waals surface area contributed by atoms with E-state index >= 15 is 0 Å². The largest absolute Gasteiger partial charge is 0.467 e. The highest BCUT2D eigenvalue weighted by molar-refractivity contribution is 5.62. The van der Waals surface area contributed by atoms with Gasteiger partial charge in [0.2, 0.25) is 0 Å². The Morgan fingerprint density at radius 3 is 2.88 bits per heavy atom. The van der Waals surface area contributed by atoms with E-state index < -0.39 is 0 Å². The quantitative estimate of drug-likeness (QED) is 0.475. The summed E-state index contributed by atoms with van der Waals surface area (Å²) in [6.07, 6.45) is 6.58. The van der Waals surface area contributed by atoms with Gasteiger partial charge in [-0.2, -0.15) is 0 Å². The molecule has 3 rings (SSSR count). The van der Waals surface area contributed by atoms with Gasteiger partial charge in [-0.3, -0.25) is 10.1 Å². The molecular weight excluding hydrogens is 306 g/mol. The summed E-state index contributed by atoms with van der Waals surface area (Å²) in [6.45, 7) is 2.75. The Hall–Kier alpha value is -2.89. The van der Waals surface area contributed by atoms with Crippen molar-refractivity contribution < 1.29 is 9.34 Å². The third-order valence-corrected chi connectivity index (χ3v) is 3.87. The molecule has 0 spiro atoms. The van der Waals surface area contributed by atoms with Crippen LogP contribution in [0, 0.1) is 10.1 Å². The van der Waals surface area contributed by atoms with Crippen LogP contribution in [-0.4, -0.2) is 14.5 Å². The van der Waals surface area contributed by atoms with Crippen molar-refractivity contribution in [2.24, 2.45) is 0 Å². The molecule has 0 saturated carbocycles. The number of rotatable bonds is 7. The Balaban J connectivity index is 1.94. The minimum atomic E-state index is -0.388. The Morgan fingerprint density at radius 1 is 1.29 bits per heavy atom. The van der Waals surface area contributed by atoms with Crippen molar-refractivity contribution in [3.05, 3.63) is 70.6 Å². The third kappa shape index (κ3) is 3.53. The fourth-order valence-electron chi connectivity index (χ4n) is 2.61. The van der Waals surface area contributed by atoms with E-state index in [1.807, 2.05) is 24.4 Å². The van der Waals surface area contributed by atoms with E-state index in [9.17, 15) is 10.1 Å². The molecule has 0 amide bonds. The number of nitro groups is 1. The fourth-order valence-corrected chi connectivity index (χ4v) is 2.61. The number of imidazole rings is 1. The molecule has 6 heteroatoms. The van der Waals surface area contributed by atoms with Crippen molar-refractivity contribution in [1.29, 1.82) is 0 Å².